The van der Waals surface area contributed by atoms with Gasteiger partial charge in [-0.2, -0.15) is 0 Å². The summed E-state index contributed by atoms with van der Waals surface area (Å²) < 4.78 is 2.73. The Morgan fingerprint density at radius 3 is 1.78 bits per heavy atom. The molecule has 0 spiro atoms. The number of para-hydroxylation sites is 2. The molecule has 0 fully saturated rings. The van der Waals surface area contributed by atoms with Gasteiger partial charge in [0.05, 0.1) is 34.8 Å². The van der Waals surface area contributed by atoms with Gasteiger partial charge >= 0.3 is 0 Å². The number of aliphatic hydroxyl groups excluding tert-OH is 1. The van der Waals surface area contributed by atoms with Crippen molar-refractivity contribution in [1.82, 2.24) is 19.6 Å². The molecule has 4 rings (SSSR count). The van der Waals surface area contributed by atoms with Gasteiger partial charge in [-0.25, -0.2) is 9.36 Å². The van der Waals surface area contributed by atoms with Gasteiger partial charge in [0, 0.05) is 5.69 Å². The standard InChI is InChI=1S/C20H18N4O3/c1-13-17(19(26)23(21-13)14-8-4-2-5-9-14)18-16(12-25)22-24(20(18)27)15-10-6-3-7-11-15/h2-11,21-22,25H,12H2,1H3. The topological polar surface area (TPSA) is 95.8 Å². The molecule has 0 saturated carbocycles. The molecule has 2 aromatic heterocycles. The van der Waals surface area contributed by atoms with E-state index in [0.29, 0.717) is 22.8 Å². The van der Waals surface area contributed by atoms with Crippen LogP contribution >= 0.6 is 0 Å². The van der Waals surface area contributed by atoms with Crippen molar-refractivity contribution in [3.05, 3.63) is 92.8 Å². The molecule has 0 aliphatic heterocycles. The average Bonchev–Trinajstić information content (AvgIpc) is 3.18. The number of rotatable bonds is 4. The van der Waals surface area contributed by atoms with Crippen LogP contribution in [0.25, 0.3) is 22.5 Å². The Kier molecular flexibility index (Phi) is 4.13. The van der Waals surface area contributed by atoms with Gasteiger partial charge in [0.25, 0.3) is 11.1 Å². The van der Waals surface area contributed by atoms with Crippen molar-refractivity contribution in [3.8, 4) is 22.5 Å². The molecular weight excluding hydrogens is 344 g/mol. The summed E-state index contributed by atoms with van der Waals surface area (Å²) in [6.45, 7) is 1.34. The lowest BCUT2D eigenvalue weighted by Gasteiger charge is -1.99. The number of benzene rings is 2. The maximum absolute atomic E-state index is 13.1. The molecule has 0 unspecified atom stereocenters. The van der Waals surface area contributed by atoms with Crippen LogP contribution in [0.2, 0.25) is 0 Å². The highest BCUT2D eigenvalue weighted by Crippen LogP contribution is 2.21. The molecule has 2 heterocycles. The Labute approximate surface area is 154 Å². The number of hydrogen-bond acceptors (Lipinski definition) is 3. The van der Waals surface area contributed by atoms with E-state index in [4.69, 9.17) is 0 Å². The van der Waals surface area contributed by atoms with E-state index < -0.39 is 0 Å². The minimum absolute atomic E-state index is 0.176. The molecule has 27 heavy (non-hydrogen) atoms. The van der Waals surface area contributed by atoms with E-state index in [9.17, 15) is 14.7 Å². The highest BCUT2D eigenvalue weighted by Gasteiger charge is 2.23. The molecule has 0 bridgehead atoms. The molecule has 2 aromatic carbocycles. The molecule has 7 nitrogen and oxygen atoms in total. The van der Waals surface area contributed by atoms with E-state index in [1.54, 1.807) is 31.2 Å². The van der Waals surface area contributed by atoms with E-state index in [1.165, 1.54) is 9.36 Å². The maximum Gasteiger partial charge on any atom is 0.279 e. The number of nitrogens with one attached hydrogen (secondary N) is 2. The lowest BCUT2D eigenvalue weighted by Crippen LogP contribution is -2.20. The first-order chi connectivity index (χ1) is 13.1. The normalized spacial score (nSPS) is 11.0. The monoisotopic (exact) mass is 362 g/mol. The summed E-state index contributed by atoms with van der Waals surface area (Å²) in [5.41, 5.74) is 1.84. The molecule has 0 radical (unpaired) electrons. The van der Waals surface area contributed by atoms with Gasteiger partial charge in [-0.05, 0) is 31.2 Å². The van der Waals surface area contributed by atoms with Gasteiger partial charge in [-0.15, -0.1) is 0 Å². The molecule has 3 N–H and O–H groups in total. The van der Waals surface area contributed by atoms with Crippen LogP contribution in [0.15, 0.2) is 70.3 Å². The van der Waals surface area contributed by atoms with E-state index in [0.717, 1.165) is 0 Å². The SMILES string of the molecule is Cc1[nH]n(-c2ccccc2)c(=O)c1-c1c(CO)[nH]n(-c2ccccc2)c1=O. The first-order valence-corrected chi connectivity index (χ1v) is 8.49. The Bertz CT molecular complexity index is 1200. The predicted molar refractivity (Wildman–Crippen MR) is 102 cm³/mol. The summed E-state index contributed by atoms with van der Waals surface area (Å²) in [7, 11) is 0. The number of hydrogen-bond donors (Lipinski definition) is 3. The molecule has 0 amide bonds. The van der Waals surface area contributed by atoms with Crippen LogP contribution in [-0.4, -0.2) is 24.7 Å². The fourth-order valence-electron chi connectivity index (χ4n) is 3.21. The largest absolute Gasteiger partial charge is 0.390 e. The van der Waals surface area contributed by atoms with Crippen LogP contribution in [-0.2, 0) is 6.61 Å². The zero-order chi connectivity index (χ0) is 19.0. The quantitative estimate of drug-likeness (QED) is 0.519. The summed E-state index contributed by atoms with van der Waals surface area (Å²) in [4.78, 5) is 26.1. The number of aromatic amines is 2. The Hall–Kier alpha value is -3.58. The fourth-order valence-corrected chi connectivity index (χ4v) is 3.21. The van der Waals surface area contributed by atoms with Crippen molar-refractivity contribution in [2.75, 3.05) is 0 Å². The number of aryl methyl sites for hydroxylation is 1. The second-order valence-electron chi connectivity index (χ2n) is 6.19. The van der Waals surface area contributed by atoms with E-state index in [1.807, 2.05) is 36.4 Å². The highest BCUT2D eigenvalue weighted by molar-refractivity contribution is 5.68. The van der Waals surface area contributed by atoms with Crippen molar-refractivity contribution >= 4 is 0 Å². The van der Waals surface area contributed by atoms with E-state index in [2.05, 4.69) is 10.2 Å². The van der Waals surface area contributed by atoms with Crippen molar-refractivity contribution in [2.24, 2.45) is 0 Å². The second kappa shape index (κ2) is 6.62. The third-order valence-corrected chi connectivity index (χ3v) is 4.47. The molecule has 0 aliphatic carbocycles. The first kappa shape index (κ1) is 16.9. The number of H-pyrrole nitrogens is 2. The summed E-state index contributed by atoms with van der Waals surface area (Å²) in [5.74, 6) is 0. The van der Waals surface area contributed by atoms with Crippen LogP contribution in [0, 0.1) is 6.92 Å². The predicted octanol–water partition coefficient (Wildman–Crippen LogP) is 2.11. The van der Waals surface area contributed by atoms with Gasteiger partial charge in [0.1, 0.15) is 0 Å². The van der Waals surface area contributed by atoms with E-state index in [-0.39, 0.29) is 28.9 Å². The minimum atomic E-state index is -0.389. The zero-order valence-corrected chi connectivity index (χ0v) is 14.6. The minimum Gasteiger partial charge on any atom is -0.390 e. The average molecular weight is 362 g/mol. The number of aromatic nitrogens is 4. The zero-order valence-electron chi connectivity index (χ0n) is 14.6. The highest BCUT2D eigenvalue weighted by atomic mass is 16.3. The number of nitrogens with zero attached hydrogens (tertiary/aromatic N) is 2. The first-order valence-electron chi connectivity index (χ1n) is 8.49. The summed E-state index contributed by atoms with van der Waals surface area (Å²) in [6.07, 6.45) is 0. The van der Waals surface area contributed by atoms with Crippen molar-refractivity contribution in [3.63, 3.8) is 0 Å². The van der Waals surface area contributed by atoms with Crippen LogP contribution in [0.5, 0.6) is 0 Å². The Morgan fingerprint density at radius 1 is 0.778 bits per heavy atom. The lowest BCUT2D eigenvalue weighted by molar-refractivity contribution is 0.276. The second-order valence-corrected chi connectivity index (χ2v) is 6.19. The molecule has 0 saturated heterocycles. The van der Waals surface area contributed by atoms with Gasteiger partial charge in [-0.1, -0.05) is 36.4 Å². The third-order valence-electron chi connectivity index (χ3n) is 4.47. The summed E-state index contributed by atoms with van der Waals surface area (Å²) in [6, 6.07) is 18.1. The fraction of sp³-hybridized carbons (Fsp3) is 0.100. The van der Waals surface area contributed by atoms with Crippen molar-refractivity contribution < 1.29 is 5.11 Å². The third kappa shape index (κ3) is 2.74. The van der Waals surface area contributed by atoms with Crippen LogP contribution in [0.4, 0.5) is 0 Å². The van der Waals surface area contributed by atoms with Crippen molar-refractivity contribution in [2.45, 2.75) is 13.5 Å². The van der Waals surface area contributed by atoms with E-state index >= 15 is 0 Å². The van der Waals surface area contributed by atoms with Gasteiger partial charge in [0.15, 0.2) is 0 Å². The molecular formula is C20H18N4O3. The molecule has 0 aliphatic rings. The van der Waals surface area contributed by atoms with Gasteiger partial charge < -0.3 is 5.11 Å². The lowest BCUT2D eigenvalue weighted by atomic mass is 10.1. The Balaban J connectivity index is 1.96. The molecule has 4 aromatic rings. The van der Waals surface area contributed by atoms with Crippen LogP contribution in [0.1, 0.15) is 11.4 Å². The summed E-state index contributed by atoms with van der Waals surface area (Å²) >= 11 is 0. The molecule has 136 valence electrons. The smallest absolute Gasteiger partial charge is 0.279 e. The maximum atomic E-state index is 13.1. The van der Waals surface area contributed by atoms with Gasteiger partial charge in [-0.3, -0.25) is 19.8 Å². The summed E-state index contributed by atoms with van der Waals surface area (Å²) in [5, 5.41) is 15.7. The van der Waals surface area contributed by atoms with Crippen molar-refractivity contribution in [1.29, 1.82) is 0 Å². The molecule has 0 atom stereocenters. The Morgan fingerprint density at radius 2 is 1.26 bits per heavy atom. The molecule has 7 heteroatoms. The van der Waals surface area contributed by atoms with Crippen LogP contribution in [0.3, 0.4) is 0 Å². The van der Waals surface area contributed by atoms with Crippen LogP contribution < -0.4 is 11.1 Å². The number of aliphatic hydroxyl groups is 1. The van der Waals surface area contributed by atoms with Gasteiger partial charge in [0.2, 0.25) is 0 Å².